The molecule has 220 valence electrons. The van der Waals surface area contributed by atoms with Gasteiger partial charge in [-0.25, -0.2) is 0 Å². The predicted molar refractivity (Wildman–Crippen MR) is 156 cm³/mol. The first-order chi connectivity index (χ1) is 15.8. The number of hydrogen-bond donors (Lipinski definition) is 2. The van der Waals surface area contributed by atoms with Gasteiger partial charge in [0.25, 0.3) is 0 Å². The third-order valence-electron chi connectivity index (χ3n) is 7.27. The van der Waals surface area contributed by atoms with Crippen molar-refractivity contribution in [2.45, 2.75) is 76.3 Å². The van der Waals surface area contributed by atoms with E-state index in [2.05, 4.69) is 123 Å². The summed E-state index contributed by atoms with van der Waals surface area (Å²) in [5, 5.41) is 7.91. The molecule has 2 fully saturated rings. The molecule has 0 spiro atoms. The second-order valence-electron chi connectivity index (χ2n) is 11.1. The smallest absolute Gasteiger partial charge is 0.304 e. The van der Waals surface area contributed by atoms with Crippen molar-refractivity contribution in [2.24, 2.45) is 0 Å². The normalized spacial score (nSPS) is 18.5. The molecular formula is C24H60BrClN8P2. The molecular weight excluding hydrogens is 578 g/mol. The van der Waals surface area contributed by atoms with Gasteiger partial charge in [-0.3, -0.25) is 0 Å². The van der Waals surface area contributed by atoms with Crippen molar-refractivity contribution in [1.29, 1.82) is 0 Å². The zero-order chi connectivity index (χ0) is 26.1. The van der Waals surface area contributed by atoms with Crippen LogP contribution < -0.4 is 39.6 Å². The molecule has 0 aliphatic heterocycles. The van der Waals surface area contributed by atoms with Gasteiger partial charge in [0.1, 0.15) is 0 Å². The molecule has 0 bridgehead atoms. The topological polar surface area (TPSA) is 43.5 Å². The van der Waals surface area contributed by atoms with Gasteiger partial charge in [0, 0.05) is 96.7 Å². The lowest BCUT2D eigenvalue weighted by Gasteiger charge is -2.42. The summed E-state index contributed by atoms with van der Waals surface area (Å²) in [5.74, 6) is 0. The van der Waals surface area contributed by atoms with Crippen LogP contribution in [0.1, 0.15) is 64.2 Å². The van der Waals surface area contributed by atoms with E-state index in [-0.39, 0.29) is 29.4 Å². The highest BCUT2D eigenvalue weighted by molar-refractivity contribution is 7.67. The van der Waals surface area contributed by atoms with Crippen LogP contribution in [0.25, 0.3) is 0 Å². The number of halogens is 2. The Balaban J connectivity index is 0. The Hall–Kier alpha value is 1.31. The Kier molecular flexibility index (Phi) is 20.4. The largest absolute Gasteiger partial charge is 1.00 e. The maximum Gasteiger partial charge on any atom is 0.304 e. The number of hydrogen-bond acceptors (Lipinski definition) is 8. The molecule has 0 aromatic rings. The monoisotopic (exact) mass is 636 g/mol. The maximum atomic E-state index is 3.96. The van der Waals surface area contributed by atoms with Crippen molar-refractivity contribution < 1.29 is 29.4 Å². The predicted octanol–water partition coefficient (Wildman–Crippen LogP) is -1.45. The first kappa shape index (κ1) is 39.5. The van der Waals surface area contributed by atoms with Crippen molar-refractivity contribution in [3.63, 3.8) is 0 Å². The van der Waals surface area contributed by atoms with E-state index >= 15 is 0 Å². The van der Waals surface area contributed by atoms with E-state index in [0.29, 0.717) is 12.1 Å². The standard InChI is InChI=1S/2C12H30N4P.BrH.ClH/c2*1-14(2)17(15(3)4,16(5)6)13-12-10-8-7-9-11-12;;/h2*12-13H,7-11H2,1-6H3;2*1H/q2*+1;;/p-2. The first-order valence-electron chi connectivity index (χ1n) is 13.2. The molecule has 2 N–H and O–H groups in total. The van der Waals surface area contributed by atoms with Crippen molar-refractivity contribution in [1.82, 2.24) is 38.2 Å². The molecule has 0 atom stereocenters. The van der Waals surface area contributed by atoms with E-state index < -0.39 is 15.7 Å². The van der Waals surface area contributed by atoms with Crippen LogP contribution >= 0.6 is 15.7 Å². The first-order valence-corrected chi connectivity index (χ1v) is 16.5. The van der Waals surface area contributed by atoms with E-state index in [0.717, 1.165) is 0 Å². The molecule has 0 aromatic carbocycles. The van der Waals surface area contributed by atoms with E-state index in [1.165, 1.54) is 64.2 Å². The Morgan fingerprint density at radius 3 is 0.778 bits per heavy atom. The summed E-state index contributed by atoms with van der Waals surface area (Å²) in [6.45, 7) is 0. The quantitative estimate of drug-likeness (QED) is 0.283. The summed E-state index contributed by atoms with van der Waals surface area (Å²) in [4.78, 5) is 0. The minimum Gasteiger partial charge on any atom is -1.00 e. The van der Waals surface area contributed by atoms with Gasteiger partial charge in [0.05, 0.1) is 0 Å². The SMILES string of the molecule is CN(C)[P+](NC1CCCCC1)(N(C)C)N(C)C.CN(C)[P+](NC1CCCCC1)(N(C)C)N(C)C.[Br-].[Cl-]. The zero-order valence-electron chi connectivity index (χ0n) is 25.6. The lowest BCUT2D eigenvalue weighted by atomic mass is 9.96. The fourth-order valence-corrected chi connectivity index (χ4v) is 13.0. The Morgan fingerprint density at radius 1 is 0.417 bits per heavy atom. The summed E-state index contributed by atoms with van der Waals surface area (Å²) < 4.78 is 14.2. The maximum absolute atomic E-state index is 3.96. The average molecular weight is 638 g/mol. The van der Waals surface area contributed by atoms with Crippen LogP contribution in [0.5, 0.6) is 0 Å². The molecule has 2 rings (SSSR count). The van der Waals surface area contributed by atoms with Crippen LogP contribution in [-0.4, -0.2) is 125 Å². The van der Waals surface area contributed by atoms with Crippen LogP contribution in [-0.2, 0) is 0 Å². The number of nitrogens with zero attached hydrogens (tertiary/aromatic N) is 6. The van der Waals surface area contributed by atoms with Crippen LogP contribution in [0, 0.1) is 0 Å². The Labute approximate surface area is 243 Å². The molecule has 0 amide bonds. The Bertz CT molecular complexity index is 467. The molecule has 0 saturated heterocycles. The van der Waals surface area contributed by atoms with E-state index in [1.807, 2.05) is 0 Å². The number of rotatable bonds is 10. The molecule has 2 aliphatic carbocycles. The average Bonchev–Trinajstić information content (AvgIpc) is 2.76. The van der Waals surface area contributed by atoms with Crippen LogP contribution in [0.4, 0.5) is 0 Å². The van der Waals surface area contributed by atoms with Crippen molar-refractivity contribution >= 4 is 15.7 Å². The van der Waals surface area contributed by atoms with Gasteiger partial charge >= 0.3 is 15.7 Å². The fourth-order valence-electron chi connectivity index (χ4n) is 5.79. The summed E-state index contributed by atoms with van der Waals surface area (Å²) in [6.07, 6.45) is 13.7. The highest BCUT2D eigenvalue weighted by Crippen LogP contribution is 2.61. The minimum absolute atomic E-state index is 0. The number of nitrogens with one attached hydrogen (secondary N) is 2. The molecule has 36 heavy (non-hydrogen) atoms. The zero-order valence-corrected chi connectivity index (χ0v) is 29.7. The van der Waals surface area contributed by atoms with Gasteiger partial charge < -0.3 is 29.4 Å². The highest BCUT2D eigenvalue weighted by atomic mass is 79.9. The third-order valence-corrected chi connectivity index (χ3v) is 15.4. The molecule has 0 heterocycles. The van der Waals surface area contributed by atoms with Gasteiger partial charge in [-0.1, -0.05) is 38.5 Å². The minimum atomic E-state index is -1.53. The van der Waals surface area contributed by atoms with Crippen LogP contribution in [0.15, 0.2) is 0 Å². The molecule has 12 heteroatoms. The van der Waals surface area contributed by atoms with Crippen LogP contribution in [0.2, 0.25) is 0 Å². The summed E-state index contributed by atoms with van der Waals surface area (Å²) in [6, 6.07) is 1.37. The van der Waals surface area contributed by atoms with Crippen LogP contribution in [0.3, 0.4) is 0 Å². The molecule has 2 aliphatic rings. The third kappa shape index (κ3) is 10.4. The molecule has 8 nitrogen and oxygen atoms in total. The molecule has 0 aromatic heterocycles. The van der Waals surface area contributed by atoms with E-state index in [1.54, 1.807) is 0 Å². The lowest BCUT2D eigenvalue weighted by Crippen LogP contribution is -3.00. The van der Waals surface area contributed by atoms with Crippen molar-refractivity contribution in [3.8, 4) is 0 Å². The molecule has 0 radical (unpaired) electrons. The Morgan fingerprint density at radius 2 is 0.611 bits per heavy atom. The summed E-state index contributed by atoms with van der Waals surface area (Å²) >= 11 is 0. The van der Waals surface area contributed by atoms with Gasteiger partial charge in [-0.15, -0.1) is 38.2 Å². The van der Waals surface area contributed by atoms with Gasteiger partial charge in [0.15, 0.2) is 0 Å². The molecule has 2 saturated carbocycles. The second-order valence-corrected chi connectivity index (χ2v) is 18.7. The van der Waals surface area contributed by atoms with Gasteiger partial charge in [0.2, 0.25) is 0 Å². The van der Waals surface area contributed by atoms with E-state index in [4.69, 9.17) is 0 Å². The van der Waals surface area contributed by atoms with Crippen molar-refractivity contribution in [2.75, 3.05) is 84.6 Å². The fraction of sp³-hybridized carbons (Fsp3) is 1.00. The summed E-state index contributed by atoms with van der Waals surface area (Å²) in [7, 11) is 23.1. The molecule has 0 unspecified atom stereocenters. The second kappa shape index (κ2) is 18.6. The lowest BCUT2D eigenvalue weighted by molar-refractivity contribution is -0.00100. The van der Waals surface area contributed by atoms with E-state index in [9.17, 15) is 0 Å². The van der Waals surface area contributed by atoms with Gasteiger partial charge in [-0.2, -0.15) is 0 Å². The highest BCUT2D eigenvalue weighted by Gasteiger charge is 2.50. The van der Waals surface area contributed by atoms with Crippen molar-refractivity contribution in [3.05, 3.63) is 0 Å². The summed E-state index contributed by atoms with van der Waals surface area (Å²) in [5.41, 5.74) is 0. The van der Waals surface area contributed by atoms with Gasteiger partial charge in [-0.05, 0) is 25.7 Å².